The summed E-state index contributed by atoms with van der Waals surface area (Å²) in [4.78, 5) is 21.7. The van der Waals surface area contributed by atoms with Gasteiger partial charge in [-0.3, -0.25) is 4.79 Å². The first-order chi connectivity index (χ1) is 8.40. The van der Waals surface area contributed by atoms with Crippen LogP contribution in [0.3, 0.4) is 0 Å². The predicted octanol–water partition coefficient (Wildman–Crippen LogP) is 2.17. The summed E-state index contributed by atoms with van der Waals surface area (Å²) in [6.45, 7) is 5.83. The standard InChI is InChI=1S/C13H17NO4/c1-8-6-10(3)11(7-9(8)2)18-13(17)14-5-4-12(15)16/h6-7H,4-5H2,1-3H3,(H,14,17)(H,15,16). The highest BCUT2D eigenvalue weighted by Crippen LogP contribution is 2.22. The third-order valence-corrected chi connectivity index (χ3v) is 2.60. The zero-order valence-corrected chi connectivity index (χ0v) is 10.7. The van der Waals surface area contributed by atoms with Crippen LogP contribution in [0, 0.1) is 20.8 Å². The van der Waals surface area contributed by atoms with E-state index in [-0.39, 0.29) is 13.0 Å². The first kappa shape index (κ1) is 14.0. The monoisotopic (exact) mass is 251 g/mol. The molecule has 0 heterocycles. The minimum absolute atomic E-state index is 0.0536. The molecule has 1 aromatic rings. The van der Waals surface area contributed by atoms with E-state index in [9.17, 15) is 9.59 Å². The number of rotatable bonds is 4. The lowest BCUT2D eigenvalue weighted by Crippen LogP contribution is -2.29. The summed E-state index contributed by atoms with van der Waals surface area (Å²) in [5.41, 5.74) is 3.03. The Labute approximate surface area is 106 Å². The van der Waals surface area contributed by atoms with E-state index in [1.54, 1.807) is 6.07 Å². The normalized spacial score (nSPS) is 9.94. The molecule has 0 radical (unpaired) electrons. The number of carbonyl (C=O) groups is 2. The topological polar surface area (TPSA) is 75.6 Å². The second kappa shape index (κ2) is 6.05. The Morgan fingerprint density at radius 3 is 2.39 bits per heavy atom. The highest BCUT2D eigenvalue weighted by molar-refractivity contribution is 5.72. The fourth-order valence-corrected chi connectivity index (χ4v) is 1.45. The van der Waals surface area contributed by atoms with Crippen molar-refractivity contribution in [2.45, 2.75) is 27.2 Å². The number of carboxylic acid groups (broad SMARTS) is 1. The van der Waals surface area contributed by atoms with Gasteiger partial charge in [0.15, 0.2) is 0 Å². The van der Waals surface area contributed by atoms with Gasteiger partial charge in [-0.15, -0.1) is 0 Å². The van der Waals surface area contributed by atoms with Crippen molar-refractivity contribution in [1.29, 1.82) is 0 Å². The van der Waals surface area contributed by atoms with Gasteiger partial charge in [0.1, 0.15) is 5.75 Å². The van der Waals surface area contributed by atoms with Crippen molar-refractivity contribution in [2.75, 3.05) is 6.54 Å². The maximum atomic E-state index is 11.4. The Balaban J connectivity index is 2.59. The Kier molecular flexibility index (Phi) is 4.71. The molecule has 2 N–H and O–H groups in total. The first-order valence-corrected chi connectivity index (χ1v) is 5.65. The number of ether oxygens (including phenoxy) is 1. The van der Waals surface area contributed by atoms with E-state index in [1.807, 2.05) is 26.8 Å². The van der Waals surface area contributed by atoms with Gasteiger partial charge in [0, 0.05) is 6.54 Å². The molecule has 1 rings (SSSR count). The van der Waals surface area contributed by atoms with Crippen molar-refractivity contribution in [3.05, 3.63) is 28.8 Å². The molecule has 1 aromatic carbocycles. The molecule has 18 heavy (non-hydrogen) atoms. The second-order valence-electron chi connectivity index (χ2n) is 4.16. The summed E-state index contributed by atoms with van der Waals surface area (Å²) in [6.07, 6.45) is -0.760. The van der Waals surface area contributed by atoms with Crippen molar-refractivity contribution < 1.29 is 19.4 Å². The number of carbonyl (C=O) groups excluding carboxylic acids is 1. The molecule has 0 aliphatic carbocycles. The van der Waals surface area contributed by atoms with Gasteiger partial charge in [-0.2, -0.15) is 0 Å². The maximum Gasteiger partial charge on any atom is 0.412 e. The number of aryl methyl sites for hydroxylation is 3. The molecule has 0 fully saturated rings. The second-order valence-corrected chi connectivity index (χ2v) is 4.16. The molecular formula is C13H17NO4. The highest BCUT2D eigenvalue weighted by atomic mass is 16.6. The average molecular weight is 251 g/mol. The highest BCUT2D eigenvalue weighted by Gasteiger charge is 2.08. The van der Waals surface area contributed by atoms with Crippen LogP contribution in [0.25, 0.3) is 0 Å². The number of hydrogen-bond acceptors (Lipinski definition) is 3. The summed E-state index contributed by atoms with van der Waals surface area (Å²) in [7, 11) is 0. The molecule has 0 saturated carbocycles. The van der Waals surface area contributed by atoms with Gasteiger partial charge in [-0.05, 0) is 43.5 Å². The largest absolute Gasteiger partial charge is 0.481 e. The number of nitrogens with one attached hydrogen (secondary N) is 1. The van der Waals surface area contributed by atoms with E-state index in [0.29, 0.717) is 5.75 Å². The van der Waals surface area contributed by atoms with Crippen molar-refractivity contribution in [3.8, 4) is 5.75 Å². The molecule has 0 atom stereocenters. The molecule has 1 amide bonds. The zero-order chi connectivity index (χ0) is 13.7. The number of hydrogen-bond donors (Lipinski definition) is 2. The van der Waals surface area contributed by atoms with Crippen LogP contribution >= 0.6 is 0 Å². The van der Waals surface area contributed by atoms with Gasteiger partial charge in [0.25, 0.3) is 0 Å². The van der Waals surface area contributed by atoms with E-state index in [0.717, 1.165) is 16.7 Å². The number of amides is 1. The summed E-state index contributed by atoms with van der Waals surface area (Å²) in [5.74, 6) is -0.469. The maximum absolute atomic E-state index is 11.4. The van der Waals surface area contributed by atoms with Crippen LogP contribution in [0.5, 0.6) is 5.75 Å². The Bertz CT molecular complexity index is 468. The molecule has 5 nitrogen and oxygen atoms in total. The summed E-state index contributed by atoms with van der Waals surface area (Å²) in [5, 5.41) is 10.8. The minimum Gasteiger partial charge on any atom is -0.481 e. The minimum atomic E-state index is -0.960. The number of carboxylic acids is 1. The molecule has 0 bridgehead atoms. The lowest BCUT2D eigenvalue weighted by Gasteiger charge is -2.10. The SMILES string of the molecule is Cc1cc(C)c(OC(=O)NCCC(=O)O)cc1C. The van der Waals surface area contributed by atoms with Gasteiger partial charge < -0.3 is 15.2 Å². The first-order valence-electron chi connectivity index (χ1n) is 5.65. The molecule has 0 spiro atoms. The van der Waals surface area contributed by atoms with Crippen molar-refractivity contribution >= 4 is 12.1 Å². The lowest BCUT2D eigenvalue weighted by molar-refractivity contribution is -0.136. The molecule has 0 aromatic heterocycles. The van der Waals surface area contributed by atoms with Crippen LogP contribution < -0.4 is 10.1 Å². The van der Waals surface area contributed by atoms with Gasteiger partial charge >= 0.3 is 12.1 Å². The smallest absolute Gasteiger partial charge is 0.412 e. The molecule has 5 heteroatoms. The number of benzene rings is 1. The van der Waals surface area contributed by atoms with E-state index >= 15 is 0 Å². The molecule has 98 valence electrons. The van der Waals surface area contributed by atoms with Crippen LogP contribution in [0.2, 0.25) is 0 Å². The number of aliphatic carboxylic acids is 1. The van der Waals surface area contributed by atoms with Gasteiger partial charge in [0.2, 0.25) is 0 Å². The van der Waals surface area contributed by atoms with Crippen LogP contribution in [0.15, 0.2) is 12.1 Å². The van der Waals surface area contributed by atoms with Gasteiger partial charge in [0.05, 0.1) is 6.42 Å². The molecule has 0 unspecified atom stereocenters. The van der Waals surface area contributed by atoms with E-state index in [2.05, 4.69) is 5.32 Å². The summed E-state index contributed by atoms with van der Waals surface area (Å²) in [6, 6.07) is 3.73. The van der Waals surface area contributed by atoms with Crippen LogP contribution in [0.4, 0.5) is 4.79 Å². The predicted molar refractivity (Wildman–Crippen MR) is 66.9 cm³/mol. The third kappa shape index (κ3) is 4.08. The van der Waals surface area contributed by atoms with Crippen LogP contribution in [-0.2, 0) is 4.79 Å². The fraction of sp³-hybridized carbons (Fsp3) is 0.385. The van der Waals surface area contributed by atoms with Gasteiger partial charge in [-0.25, -0.2) is 4.79 Å². The molecular weight excluding hydrogens is 234 g/mol. The lowest BCUT2D eigenvalue weighted by atomic mass is 10.1. The van der Waals surface area contributed by atoms with Gasteiger partial charge in [-0.1, -0.05) is 6.07 Å². The molecule has 0 aliphatic rings. The van der Waals surface area contributed by atoms with Crippen molar-refractivity contribution in [1.82, 2.24) is 5.32 Å². The molecule has 0 aliphatic heterocycles. The Hall–Kier alpha value is -2.04. The van der Waals surface area contributed by atoms with E-state index < -0.39 is 12.1 Å². The van der Waals surface area contributed by atoms with Crippen LogP contribution in [0.1, 0.15) is 23.1 Å². The quantitative estimate of drug-likeness (QED) is 0.860. The Morgan fingerprint density at radius 2 is 1.78 bits per heavy atom. The zero-order valence-electron chi connectivity index (χ0n) is 10.7. The van der Waals surface area contributed by atoms with Crippen molar-refractivity contribution in [2.24, 2.45) is 0 Å². The average Bonchev–Trinajstić information content (AvgIpc) is 2.25. The van der Waals surface area contributed by atoms with Crippen LogP contribution in [-0.4, -0.2) is 23.7 Å². The third-order valence-electron chi connectivity index (χ3n) is 2.60. The fourth-order valence-electron chi connectivity index (χ4n) is 1.45. The van der Waals surface area contributed by atoms with E-state index in [1.165, 1.54) is 0 Å². The summed E-state index contributed by atoms with van der Waals surface area (Å²) >= 11 is 0. The summed E-state index contributed by atoms with van der Waals surface area (Å²) < 4.78 is 5.12. The van der Waals surface area contributed by atoms with E-state index in [4.69, 9.17) is 9.84 Å². The molecule has 0 saturated heterocycles. The Morgan fingerprint density at radius 1 is 1.17 bits per heavy atom. The van der Waals surface area contributed by atoms with Crippen molar-refractivity contribution in [3.63, 3.8) is 0 Å².